The molecule has 1 aliphatic heterocycles. The zero-order chi connectivity index (χ0) is 19.7. The quantitative estimate of drug-likeness (QED) is 0.625. The van der Waals surface area contributed by atoms with Crippen molar-refractivity contribution < 1.29 is 4.79 Å². The minimum absolute atomic E-state index is 0.191. The number of carbonyl (C=O) groups is 1. The standard InChI is InChI=1S/C20H24N6O2/c1-3-16-12(2)22-20-24-19(25-26(20)18(16)28)23-17(27)15-6-4-13(5-7-15)10-14-8-9-21-11-14/h4-7,14,21H,3,8-11H2,1-2H3,(H2,22,23,24,25,27). The molecule has 1 saturated heterocycles. The highest BCUT2D eigenvalue weighted by Crippen LogP contribution is 2.16. The summed E-state index contributed by atoms with van der Waals surface area (Å²) < 4.78 is 1.26. The van der Waals surface area contributed by atoms with Gasteiger partial charge in [0.15, 0.2) is 0 Å². The number of nitrogens with one attached hydrogen (secondary N) is 3. The van der Waals surface area contributed by atoms with Crippen molar-refractivity contribution in [3.8, 4) is 0 Å². The Hall–Kier alpha value is -3.00. The van der Waals surface area contributed by atoms with Crippen LogP contribution in [0.1, 0.15) is 40.5 Å². The fourth-order valence-corrected chi connectivity index (χ4v) is 3.71. The van der Waals surface area contributed by atoms with E-state index in [1.807, 2.05) is 31.2 Å². The number of carbonyl (C=O) groups excluding carboxylic acids is 1. The summed E-state index contributed by atoms with van der Waals surface area (Å²) in [5.74, 6) is 0.824. The van der Waals surface area contributed by atoms with Crippen molar-refractivity contribution in [3.05, 3.63) is 57.0 Å². The molecule has 1 atom stereocenters. The van der Waals surface area contributed by atoms with Crippen LogP contribution in [0.15, 0.2) is 29.1 Å². The van der Waals surface area contributed by atoms with E-state index >= 15 is 0 Å². The van der Waals surface area contributed by atoms with Gasteiger partial charge in [0.1, 0.15) is 0 Å². The molecule has 2 aromatic heterocycles. The average molecular weight is 380 g/mol. The van der Waals surface area contributed by atoms with Crippen molar-refractivity contribution in [3.63, 3.8) is 0 Å². The SMILES string of the molecule is CCc1c(C)nc2nc(NC(=O)c3ccc(CC4CCNC4)cc3)[nH]n2c1=O. The topological polar surface area (TPSA) is 104 Å². The first-order valence-electron chi connectivity index (χ1n) is 9.64. The molecule has 8 heteroatoms. The number of nitrogens with zero attached hydrogens (tertiary/aromatic N) is 3. The van der Waals surface area contributed by atoms with Gasteiger partial charge < -0.3 is 5.32 Å². The zero-order valence-corrected chi connectivity index (χ0v) is 16.1. The number of anilines is 1. The largest absolute Gasteiger partial charge is 0.316 e. The minimum Gasteiger partial charge on any atom is -0.316 e. The lowest BCUT2D eigenvalue weighted by Crippen LogP contribution is -2.21. The maximum absolute atomic E-state index is 12.5. The van der Waals surface area contributed by atoms with Gasteiger partial charge in [-0.3, -0.25) is 20.0 Å². The fourth-order valence-electron chi connectivity index (χ4n) is 3.71. The molecule has 1 amide bonds. The summed E-state index contributed by atoms with van der Waals surface area (Å²) in [7, 11) is 0. The molecule has 0 bridgehead atoms. The molecular weight excluding hydrogens is 356 g/mol. The van der Waals surface area contributed by atoms with E-state index < -0.39 is 0 Å². The van der Waals surface area contributed by atoms with Crippen LogP contribution in [0.25, 0.3) is 5.78 Å². The number of aromatic amines is 1. The van der Waals surface area contributed by atoms with Crippen LogP contribution in [-0.4, -0.2) is 38.6 Å². The maximum atomic E-state index is 12.5. The predicted molar refractivity (Wildman–Crippen MR) is 107 cm³/mol. The van der Waals surface area contributed by atoms with Crippen LogP contribution >= 0.6 is 0 Å². The Balaban J connectivity index is 1.50. The van der Waals surface area contributed by atoms with E-state index in [1.54, 1.807) is 6.92 Å². The Bertz CT molecular complexity index is 1060. The van der Waals surface area contributed by atoms with Gasteiger partial charge in [0, 0.05) is 11.1 Å². The number of fused-ring (bicyclic) bond motifs is 1. The van der Waals surface area contributed by atoms with Gasteiger partial charge in [0.2, 0.25) is 5.95 Å². The first-order chi connectivity index (χ1) is 13.5. The van der Waals surface area contributed by atoms with Gasteiger partial charge in [-0.05, 0) is 62.9 Å². The number of hydrogen-bond acceptors (Lipinski definition) is 5. The summed E-state index contributed by atoms with van der Waals surface area (Å²) in [6.45, 7) is 5.83. The Morgan fingerprint density at radius 3 is 2.75 bits per heavy atom. The molecule has 8 nitrogen and oxygen atoms in total. The summed E-state index contributed by atoms with van der Waals surface area (Å²) in [6, 6.07) is 7.63. The van der Waals surface area contributed by atoms with E-state index in [-0.39, 0.29) is 23.2 Å². The third-order valence-corrected chi connectivity index (χ3v) is 5.28. The Kier molecular flexibility index (Phi) is 4.95. The first-order valence-corrected chi connectivity index (χ1v) is 9.64. The van der Waals surface area contributed by atoms with Crippen molar-refractivity contribution >= 4 is 17.6 Å². The second kappa shape index (κ2) is 7.55. The van der Waals surface area contributed by atoms with Gasteiger partial charge in [-0.2, -0.15) is 9.50 Å². The normalized spacial score (nSPS) is 16.6. The molecule has 4 rings (SSSR count). The summed E-state index contributed by atoms with van der Waals surface area (Å²) in [5.41, 5.74) is 2.87. The molecule has 3 N–H and O–H groups in total. The van der Waals surface area contributed by atoms with E-state index in [0.29, 0.717) is 29.2 Å². The number of hydrogen-bond donors (Lipinski definition) is 3. The molecule has 1 aliphatic rings. The van der Waals surface area contributed by atoms with E-state index in [2.05, 4.69) is 25.7 Å². The number of rotatable bonds is 5. The maximum Gasteiger partial charge on any atom is 0.277 e. The highest BCUT2D eigenvalue weighted by atomic mass is 16.2. The van der Waals surface area contributed by atoms with E-state index in [0.717, 1.165) is 19.5 Å². The molecule has 3 aromatic rings. The Labute approximate surface area is 162 Å². The molecule has 0 radical (unpaired) electrons. The van der Waals surface area contributed by atoms with Gasteiger partial charge in [0.05, 0.1) is 5.69 Å². The van der Waals surface area contributed by atoms with Crippen LogP contribution < -0.4 is 16.2 Å². The van der Waals surface area contributed by atoms with Crippen LogP contribution in [0.2, 0.25) is 0 Å². The molecule has 0 aliphatic carbocycles. The van der Waals surface area contributed by atoms with Crippen LogP contribution in [-0.2, 0) is 12.8 Å². The third-order valence-electron chi connectivity index (χ3n) is 5.28. The second-order valence-corrected chi connectivity index (χ2v) is 7.26. The number of benzene rings is 1. The molecule has 146 valence electrons. The minimum atomic E-state index is -0.284. The first kappa shape index (κ1) is 18.4. The van der Waals surface area contributed by atoms with Crippen molar-refractivity contribution in [1.29, 1.82) is 0 Å². The number of aryl methyl sites for hydroxylation is 1. The summed E-state index contributed by atoms with van der Waals surface area (Å²) in [6.07, 6.45) is 2.80. The molecule has 3 heterocycles. The van der Waals surface area contributed by atoms with Crippen molar-refractivity contribution in [2.24, 2.45) is 5.92 Å². The van der Waals surface area contributed by atoms with Gasteiger partial charge in [-0.15, -0.1) is 0 Å². The summed E-state index contributed by atoms with van der Waals surface area (Å²) in [5, 5.41) is 8.90. The molecule has 1 fully saturated rings. The summed E-state index contributed by atoms with van der Waals surface area (Å²) >= 11 is 0. The lowest BCUT2D eigenvalue weighted by molar-refractivity contribution is 0.102. The van der Waals surface area contributed by atoms with Crippen LogP contribution in [0.4, 0.5) is 5.95 Å². The van der Waals surface area contributed by atoms with Crippen molar-refractivity contribution in [2.75, 3.05) is 18.4 Å². The van der Waals surface area contributed by atoms with Gasteiger partial charge >= 0.3 is 0 Å². The molecule has 1 aromatic carbocycles. The van der Waals surface area contributed by atoms with Gasteiger partial charge in [-0.1, -0.05) is 19.1 Å². The molecule has 0 saturated carbocycles. The highest BCUT2D eigenvalue weighted by molar-refractivity contribution is 6.03. The Morgan fingerprint density at radius 1 is 1.29 bits per heavy atom. The van der Waals surface area contributed by atoms with Gasteiger partial charge in [-0.25, -0.2) is 4.98 Å². The zero-order valence-electron chi connectivity index (χ0n) is 16.1. The summed E-state index contributed by atoms with van der Waals surface area (Å²) in [4.78, 5) is 33.5. The van der Waals surface area contributed by atoms with E-state index in [9.17, 15) is 9.59 Å². The van der Waals surface area contributed by atoms with Gasteiger partial charge in [0.25, 0.3) is 17.2 Å². The lowest BCUT2D eigenvalue weighted by Gasteiger charge is -2.08. The molecule has 0 spiro atoms. The predicted octanol–water partition coefficient (Wildman–Crippen LogP) is 1.69. The Morgan fingerprint density at radius 2 is 2.07 bits per heavy atom. The van der Waals surface area contributed by atoms with E-state index in [1.165, 1.54) is 16.5 Å². The molecule has 1 unspecified atom stereocenters. The monoisotopic (exact) mass is 380 g/mol. The fraction of sp³-hybridized carbons (Fsp3) is 0.400. The smallest absolute Gasteiger partial charge is 0.277 e. The van der Waals surface area contributed by atoms with Crippen molar-refractivity contribution in [1.82, 2.24) is 24.9 Å². The van der Waals surface area contributed by atoms with Crippen molar-refractivity contribution in [2.45, 2.75) is 33.1 Å². The highest BCUT2D eigenvalue weighted by Gasteiger charge is 2.16. The van der Waals surface area contributed by atoms with E-state index in [4.69, 9.17) is 0 Å². The molecular formula is C20H24N6O2. The average Bonchev–Trinajstić information content (AvgIpc) is 3.32. The van der Waals surface area contributed by atoms with Crippen LogP contribution in [0.5, 0.6) is 0 Å². The van der Waals surface area contributed by atoms with Crippen LogP contribution in [0.3, 0.4) is 0 Å². The number of aromatic nitrogens is 4. The molecule has 28 heavy (non-hydrogen) atoms. The lowest BCUT2D eigenvalue weighted by atomic mass is 9.98. The third kappa shape index (κ3) is 3.55. The van der Waals surface area contributed by atoms with Crippen LogP contribution in [0, 0.1) is 12.8 Å². The number of amides is 1. The number of H-pyrrole nitrogens is 1. The second-order valence-electron chi connectivity index (χ2n) is 7.26.